The number of sulfone groups is 1. The zero-order valence-corrected chi connectivity index (χ0v) is 16.5. The van der Waals surface area contributed by atoms with E-state index < -0.39 is 14.6 Å². The Morgan fingerprint density at radius 3 is 2.46 bits per heavy atom. The number of nitrogens with one attached hydrogen (secondary N) is 1. The average molecular weight is 359 g/mol. The van der Waals surface area contributed by atoms with Gasteiger partial charge in [0.25, 0.3) is 0 Å². The second-order valence-electron chi connectivity index (χ2n) is 7.71. The van der Waals surface area contributed by atoms with Crippen LogP contribution < -0.4 is 5.32 Å². The standard InChI is InChI=1S/C17H34N4O2S/c1-5-8-20-9-6-15(7-10-20)13-19-16(18-4)21-11-12-24(22,23)17(2,3)14-21/h15H,5-14H2,1-4H3,(H,18,19). The van der Waals surface area contributed by atoms with Crippen molar-refractivity contribution in [2.45, 2.75) is 44.8 Å². The maximum atomic E-state index is 12.2. The third-order valence-electron chi connectivity index (χ3n) is 5.35. The van der Waals surface area contributed by atoms with E-state index in [0.29, 0.717) is 19.0 Å². The topological polar surface area (TPSA) is 65.0 Å². The first-order valence-corrected chi connectivity index (χ1v) is 10.8. The largest absolute Gasteiger partial charge is 0.356 e. The van der Waals surface area contributed by atoms with E-state index in [0.717, 1.165) is 12.5 Å². The van der Waals surface area contributed by atoms with E-state index in [1.807, 2.05) is 13.8 Å². The molecule has 2 heterocycles. The number of nitrogens with zero attached hydrogens (tertiary/aromatic N) is 3. The first-order chi connectivity index (χ1) is 11.3. The van der Waals surface area contributed by atoms with Crippen molar-refractivity contribution in [2.75, 3.05) is 52.1 Å². The number of rotatable bonds is 4. The quantitative estimate of drug-likeness (QED) is 0.604. The molecule has 0 bridgehead atoms. The molecule has 0 unspecified atom stereocenters. The molecule has 0 saturated carbocycles. The highest BCUT2D eigenvalue weighted by Gasteiger charge is 2.41. The molecule has 0 amide bonds. The minimum Gasteiger partial charge on any atom is -0.356 e. The molecular formula is C17H34N4O2S. The van der Waals surface area contributed by atoms with Crippen LogP contribution >= 0.6 is 0 Å². The lowest BCUT2D eigenvalue weighted by Crippen LogP contribution is -2.57. The molecule has 7 heteroatoms. The SMILES string of the molecule is CCCN1CCC(CNC(=NC)N2CCS(=O)(=O)C(C)(C)C2)CC1. The van der Waals surface area contributed by atoms with Gasteiger partial charge in [-0.2, -0.15) is 0 Å². The molecule has 0 aromatic carbocycles. The highest BCUT2D eigenvalue weighted by molar-refractivity contribution is 7.92. The Bertz CT molecular complexity index is 537. The Morgan fingerprint density at radius 2 is 1.92 bits per heavy atom. The average Bonchev–Trinajstić information content (AvgIpc) is 2.53. The molecular weight excluding hydrogens is 324 g/mol. The van der Waals surface area contributed by atoms with Crippen molar-refractivity contribution in [2.24, 2.45) is 10.9 Å². The second-order valence-corrected chi connectivity index (χ2v) is 10.5. The van der Waals surface area contributed by atoms with Crippen LogP contribution in [0.3, 0.4) is 0 Å². The molecule has 2 aliphatic rings. The van der Waals surface area contributed by atoms with Gasteiger partial charge >= 0.3 is 0 Å². The first kappa shape index (κ1) is 19.5. The maximum Gasteiger partial charge on any atom is 0.193 e. The van der Waals surface area contributed by atoms with Gasteiger partial charge in [-0.3, -0.25) is 4.99 Å². The van der Waals surface area contributed by atoms with Crippen molar-refractivity contribution in [3.8, 4) is 0 Å². The third kappa shape index (κ3) is 4.63. The van der Waals surface area contributed by atoms with Gasteiger partial charge in [0.1, 0.15) is 0 Å². The molecule has 140 valence electrons. The summed E-state index contributed by atoms with van der Waals surface area (Å²) in [6, 6.07) is 0. The van der Waals surface area contributed by atoms with Crippen molar-refractivity contribution in [1.29, 1.82) is 0 Å². The smallest absolute Gasteiger partial charge is 0.193 e. The van der Waals surface area contributed by atoms with Gasteiger partial charge in [0.2, 0.25) is 0 Å². The Morgan fingerprint density at radius 1 is 1.25 bits per heavy atom. The first-order valence-electron chi connectivity index (χ1n) is 9.19. The van der Waals surface area contributed by atoms with Crippen molar-refractivity contribution in [3.63, 3.8) is 0 Å². The molecule has 0 aromatic heterocycles. The van der Waals surface area contributed by atoms with Crippen LogP contribution in [0.1, 0.15) is 40.0 Å². The number of piperidine rings is 1. The van der Waals surface area contributed by atoms with Crippen molar-refractivity contribution in [1.82, 2.24) is 15.1 Å². The van der Waals surface area contributed by atoms with Crippen molar-refractivity contribution < 1.29 is 8.42 Å². The van der Waals surface area contributed by atoms with Gasteiger partial charge in [0.15, 0.2) is 15.8 Å². The number of likely N-dealkylation sites (tertiary alicyclic amines) is 1. The fourth-order valence-corrected chi connectivity index (χ4v) is 4.99. The van der Waals surface area contributed by atoms with Gasteiger partial charge in [-0.05, 0) is 58.7 Å². The van der Waals surface area contributed by atoms with Crippen LogP contribution in [0.25, 0.3) is 0 Å². The summed E-state index contributed by atoms with van der Waals surface area (Å²) in [4.78, 5) is 9.02. The lowest BCUT2D eigenvalue weighted by molar-refractivity contribution is 0.184. The van der Waals surface area contributed by atoms with Gasteiger partial charge in [-0.1, -0.05) is 6.92 Å². The molecule has 2 aliphatic heterocycles. The van der Waals surface area contributed by atoms with Crippen LogP contribution in [0.2, 0.25) is 0 Å². The molecule has 6 nitrogen and oxygen atoms in total. The molecule has 0 aromatic rings. The summed E-state index contributed by atoms with van der Waals surface area (Å²) in [5.41, 5.74) is 0. The van der Waals surface area contributed by atoms with Crippen LogP contribution in [-0.2, 0) is 9.84 Å². The van der Waals surface area contributed by atoms with Gasteiger partial charge in [-0.15, -0.1) is 0 Å². The molecule has 2 saturated heterocycles. The number of hydrogen-bond acceptors (Lipinski definition) is 4. The Balaban J connectivity index is 1.84. The van der Waals surface area contributed by atoms with Crippen molar-refractivity contribution in [3.05, 3.63) is 0 Å². The fourth-order valence-electron chi connectivity index (χ4n) is 3.62. The summed E-state index contributed by atoms with van der Waals surface area (Å²) in [5.74, 6) is 1.72. The van der Waals surface area contributed by atoms with E-state index in [1.165, 1.54) is 38.9 Å². The minimum atomic E-state index is -3.01. The molecule has 0 atom stereocenters. The van der Waals surface area contributed by atoms with E-state index in [-0.39, 0.29) is 5.75 Å². The van der Waals surface area contributed by atoms with Gasteiger partial charge < -0.3 is 15.1 Å². The molecule has 1 N–H and O–H groups in total. The molecule has 2 rings (SSSR count). The Kier molecular flexibility index (Phi) is 6.53. The summed E-state index contributed by atoms with van der Waals surface area (Å²) in [6.45, 7) is 11.4. The van der Waals surface area contributed by atoms with E-state index in [4.69, 9.17) is 0 Å². The summed E-state index contributed by atoms with van der Waals surface area (Å²) in [5, 5.41) is 3.48. The summed E-state index contributed by atoms with van der Waals surface area (Å²) in [7, 11) is -1.23. The van der Waals surface area contributed by atoms with Crippen LogP contribution in [0.5, 0.6) is 0 Å². The zero-order chi connectivity index (χ0) is 17.8. The third-order valence-corrected chi connectivity index (χ3v) is 7.88. The maximum absolute atomic E-state index is 12.2. The van der Waals surface area contributed by atoms with Crippen LogP contribution in [0.4, 0.5) is 0 Å². The highest BCUT2D eigenvalue weighted by atomic mass is 32.2. The fraction of sp³-hybridized carbons (Fsp3) is 0.941. The van der Waals surface area contributed by atoms with Crippen molar-refractivity contribution >= 4 is 15.8 Å². The van der Waals surface area contributed by atoms with Gasteiger partial charge in [0, 0.05) is 26.7 Å². The van der Waals surface area contributed by atoms with Crippen LogP contribution in [0.15, 0.2) is 4.99 Å². The Labute approximate surface area is 147 Å². The van der Waals surface area contributed by atoms with Crippen LogP contribution in [-0.4, -0.2) is 81.0 Å². The normalized spacial score (nSPS) is 25.7. The monoisotopic (exact) mass is 358 g/mol. The van der Waals surface area contributed by atoms with E-state index in [9.17, 15) is 8.42 Å². The molecule has 0 spiro atoms. The summed E-state index contributed by atoms with van der Waals surface area (Å²) in [6.07, 6.45) is 3.68. The minimum absolute atomic E-state index is 0.204. The van der Waals surface area contributed by atoms with Gasteiger partial charge in [0.05, 0.1) is 10.5 Å². The predicted molar refractivity (Wildman–Crippen MR) is 100 cm³/mol. The number of guanidine groups is 1. The molecule has 0 radical (unpaired) electrons. The van der Waals surface area contributed by atoms with E-state index in [2.05, 4.69) is 27.0 Å². The lowest BCUT2D eigenvalue weighted by atomic mass is 9.97. The predicted octanol–water partition coefficient (Wildman–Crippen LogP) is 1.19. The highest BCUT2D eigenvalue weighted by Crippen LogP contribution is 2.24. The number of aliphatic imine (C=N–C) groups is 1. The summed E-state index contributed by atoms with van der Waals surface area (Å²) < 4.78 is 23.6. The molecule has 0 aliphatic carbocycles. The number of hydrogen-bond donors (Lipinski definition) is 1. The van der Waals surface area contributed by atoms with Gasteiger partial charge in [-0.25, -0.2) is 8.42 Å². The summed E-state index contributed by atoms with van der Waals surface area (Å²) >= 11 is 0. The van der Waals surface area contributed by atoms with E-state index >= 15 is 0 Å². The van der Waals surface area contributed by atoms with E-state index in [1.54, 1.807) is 7.05 Å². The second kappa shape index (κ2) is 8.04. The molecule has 24 heavy (non-hydrogen) atoms. The molecule has 2 fully saturated rings. The zero-order valence-electron chi connectivity index (χ0n) is 15.7. The van der Waals surface area contributed by atoms with Crippen LogP contribution in [0, 0.1) is 5.92 Å². The Hall–Kier alpha value is -0.820. The lowest BCUT2D eigenvalue weighted by Gasteiger charge is -2.39.